The molecule has 0 fully saturated rings. The first kappa shape index (κ1) is 12.3. The molecule has 3 nitrogen and oxygen atoms in total. The van der Waals surface area contributed by atoms with Gasteiger partial charge >= 0.3 is 5.97 Å². The maximum absolute atomic E-state index is 11.9. The van der Waals surface area contributed by atoms with Gasteiger partial charge in [0.25, 0.3) is 0 Å². The summed E-state index contributed by atoms with van der Waals surface area (Å²) in [5.74, 6) is 0.00366. The third kappa shape index (κ3) is 2.14. The van der Waals surface area contributed by atoms with Gasteiger partial charge in [-0.3, -0.25) is 4.79 Å². The number of rotatable bonds is 3. The second kappa shape index (κ2) is 5.00. The maximum Gasteiger partial charge on any atom is 0.340 e. The van der Waals surface area contributed by atoms with Crippen LogP contribution in [0.15, 0.2) is 0 Å². The maximum atomic E-state index is 11.9. The first-order valence-corrected chi connectivity index (χ1v) is 6.78. The van der Waals surface area contributed by atoms with Crippen LogP contribution in [0.4, 0.5) is 0 Å². The van der Waals surface area contributed by atoms with Crippen LogP contribution in [-0.4, -0.2) is 18.9 Å². The van der Waals surface area contributed by atoms with E-state index >= 15 is 0 Å². The zero-order chi connectivity index (χ0) is 12.4. The molecular formula is C13H16O3S. The number of hydrogen-bond acceptors (Lipinski definition) is 4. The van der Waals surface area contributed by atoms with E-state index in [4.69, 9.17) is 4.74 Å². The topological polar surface area (TPSA) is 43.4 Å². The molecule has 1 aliphatic rings. The smallest absolute Gasteiger partial charge is 0.340 e. The summed E-state index contributed by atoms with van der Waals surface area (Å²) in [5, 5.41) is 0. The van der Waals surface area contributed by atoms with Gasteiger partial charge in [0.05, 0.1) is 17.0 Å². The van der Waals surface area contributed by atoms with Gasteiger partial charge in [0.2, 0.25) is 0 Å². The van der Waals surface area contributed by atoms with Crippen LogP contribution in [0.3, 0.4) is 0 Å². The summed E-state index contributed by atoms with van der Waals surface area (Å²) in [6.07, 6.45) is 3.97. The lowest BCUT2D eigenvalue weighted by atomic mass is 9.86. The Morgan fingerprint density at radius 3 is 3.00 bits per heavy atom. The molecule has 0 N–H and O–H groups in total. The van der Waals surface area contributed by atoms with Gasteiger partial charge in [0.15, 0.2) is 6.29 Å². The Kier molecular flexibility index (Phi) is 3.62. The van der Waals surface area contributed by atoms with E-state index in [-0.39, 0.29) is 5.97 Å². The van der Waals surface area contributed by atoms with Crippen LogP contribution >= 0.6 is 11.3 Å². The van der Waals surface area contributed by atoms with E-state index < -0.39 is 0 Å². The molecule has 2 rings (SSSR count). The average molecular weight is 252 g/mol. The minimum Gasteiger partial charge on any atom is -0.462 e. The largest absolute Gasteiger partial charge is 0.462 e. The molecule has 0 aromatic carbocycles. The fourth-order valence-electron chi connectivity index (χ4n) is 2.43. The predicted octanol–water partition coefficient (Wildman–Crippen LogP) is 3.18. The van der Waals surface area contributed by atoms with Crippen molar-refractivity contribution < 1.29 is 14.3 Å². The molecule has 1 heterocycles. The van der Waals surface area contributed by atoms with Gasteiger partial charge in [-0.25, -0.2) is 4.79 Å². The third-order valence-corrected chi connectivity index (χ3v) is 4.36. The van der Waals surface area contributed by atoms with Crippen LogP contribution in [0.1, 0.15) is 63.1 Å². The second-order valence-corrected chi connectivity index (χ2v) is 5.45. The molecule has 1 atom stereocenters. The Hall–Kier alpha value is -1.16. The summed E-state index contributed by atoms with van der Waals surface area (Å²) in [7, 11) is 0. The lowest BCUT2D eigenvalue weighted by molar-refractivity contribution is 0.0523. The molecule has 0 bridgehead atoms. The molecule has 1 unspecified atom stereocenters. The number of hydrogen-bond donors (Lipinski definition) is 0. The van der Waals surface area contributed by atoms with Gasteiger partial charge in [-0.15, -0.1) is 11.3 Å². The van der Waals surface area contributed by atoms with E-state index in [1.54, 1.807) is 6.92 Å². The fourth-order valence-corrected chi connectivity index (χ4v) is 3.70. The van der Waals surface area contributed by atoms with Crippen LogP contribution in [0.25, 0.3) is 0 Å². The van der Waals surface area contributed by atoms with Gasteiger partial charge < -0.3 is 4.74 Å². The van der Waals surface area contributed by atoms with Gasteiger partial charge in [-0.2, -0.15) is 0 Å². The van der Waals surface area contributed by atoms with Crippen molar-refractivity contribution >= 4 is 23.6 Å². The quantitative estimate of drug-likeness (QED) is 0.613. The highest BCUT2D eigenvalue weighted by Crippen LogP contribution is 2.40. The standard InChI is InChI=1S/C13H16O3S/c1-3-16-13(15)12-10(7-14)17-9-6-4-5-8(2)11(9)12/h7-8H,3-6H2,1-2H3. The average Bonchev–Trinajstić information content (AvgIpc) is 2.69. The minimum absolute atomic E-state index is 0.343. The van der Waals surface area contributed by atoms with Crippen LogP contribution in [0, 0.1) is 0 Å². The number of carbonyl (C=O) groups is 2. The van der Waals surface area contributed by atoms with E-state index in [1.807, 2.05) is 0 Å². The molecule has 17 heavy (non-hydrogen) atoms. The lowest BCUT2D eigenvalue weighted by Gasteiger charge is -2.19. The Labute approximate surface area is 105 Å². The van der Waals surface area contributed by atoms with Crippen molar-refractivity contribution in [3.63, 3.8) is 0 Å². The third-order valence-electron chi connectivity index (χ3n) is 3.17. The van der Waals surface area contributed by atoms with Gasteiger partial charge in [-0.05, 0) is 37.7 Å². The Morgan fingerprint density at radius 1 is 1.59 bits per heavy atom. The molecule has 0 spiro atoms. The molecule has 0 aliphatic heterocycles. The molecule has 1 aliphatic carbocycles. The molecule has 4 heteroatoms. The summed E-state index contributed by atoms with van der Waals surface area (Å²) >= 11 is 1.45. The van der Waals surface area contributed by atoms with Crippen LogP contribution in [0.2, 0.25) is 0 Å². The van der Waals surface area contributed by atoms with E-state index in [0.717, 1.165) is 31.1 Å². The molecule has 0 radical (unpaired) electrons. The molecular weight excluding hydrogens is 236 g/mol. The van der Waals surface area contributed by atoms with Crippen LogP contribution in [0.5, 0.6) is 0 Å². The number of esters is 1. The number of ether oxygens (including phenoxy) is 1. The van der Waals surface area contributed by atoms with Crippen molar-refractivity contribution in [3.8, 4) is 0 Å². The predicted molar refractivity (Wildman–Crippen MR) is 67.0 cm³/mol. The fraction of sp³-hybridized carbons (Fsp3) is 0.538. The Morgan fingerprint density at radius 2 is 2.35 bits per heavy atom. The summed E-state index contributed by atoms with van der Waals surface area (Å²) in [5.41, 5.74) is 1.58. The first-order chi connectivity index (χ1) is 8.19. The zero-order valence-electron chi connectivity index (χ0n) is 10.1. The van der Waals surface area contributed by atoms with Crippen LogP contribution < -0.4 is 0 Å². The van der Waals surface area contributed by atoms with Crippen LogP contribution in [-0.2, 0) is 11.2 Å². The van der Waals surface area contributed by atoms with Crippen molar-refractivity contribution in [2.75, 3.05) is 6.61 Å². The molecule has 0 saturated carbocycles. The molecule has 92 valence electrons. The van der Waals surface area contributed by atoms with Crippen molar-refractivity contribution in [1.82, 2.24) is 0 Å². The molecule has 1 aromatic heterocycles. The molecule has 0 amide bonds. The van der Waals surface area contributed by atoms with E-state index in [0.29, 0.717) is 23.0 Å². The van der Waals surface area contributed by atoms with Crippen molar-refractivity contribution in [2.24, 2.45) is 0 Å². The number of aldehydes is 1. The number of aryl methyl sites for hydroxylation is 1. The zero-order valence-corrected chi connectivity index (χ0v) is 10.9. The van der Waals surface area contributed by atoms with Gasteiger partial charge in [0.1, 0.15) is 0 Å². The highest BCUT2D eigenvalue weighted by atomic mass is 32.1. The SMILES string of the molecule is CCOC(=O)c1c(C=O)sc2c1C(C)CCC2. The number of carbonyl (C=O) groups excluding carboxylic acids is 2. The van der Waals surface area contributed by atoms with Crippen molar-refractivity contribution in [3.05, 3.63) is 20.9 Å². The van der Waals surface area contributed by atoms with Crippen molar-refractivity contribution in [2.45, 2.75) is 39.0 Å². The second-order valence-electron chi connectivity index (χ2n) is 4.31. The molecule has 0 saturated heterocycles. The van der Waals surface area contributed by atoms with Crippen molar-refractivity contribution in [1.29, 1.82) is 0 Å². The monoisotopic (exact) mass is 252 g/mol. The number of fused-ring (bicyclic) bond motifs is 1. The summed E-state index contributed by atoms with van der Waals surface area (Å²) in [4.78, 5) is 24.7. The van der Waals surface area contributed by atoms with E-state index in [1.165, 1.54) is 16.2 Å². The Balaban J connectivity index is 2.51. The van der Waals surface area contributed by atoms with E-state index in [9.17, 15) is 9.59 Å². The lowest BCUT2D eigenvalue weighted by Crippen LogP contribution is -2.13. The van der Waals surface area contributed by atoms with E-state index in [2.05, 4.69) is 6.92 Å². The minimum atomic E-state index is -0.346. The Bertz CT molecular complexity index is 448. The highest BCUT2D eigenvalue weighted by molar-refractivity contribution is 7.14. The van der Waals surface area contributed by atoms with Gasteiger partial charge in [-0.1, -0.05) is 6.92 Å². The summed E-state index contributed by atoms with van der Waals surface area (Å²) in [6, 6.07) is 0. The molecule has 1 aromatic rings. The highest BCUT2D eigenvalue weighted by Gasteiger charge is 2.29. The first-order valence-electron chi connectivity index (χ1n) is 5.96. The summed E-state index contributed by atoms with van der Waals surface area (Å²) in [6.45, 7) is 4.24. The number of thiophene rings is 1. The normalized spacial score (nSPS) is 18.6. The van der Waals surface area contributed by atoms with Gasteiger partial charge in [0, 0.05) is 4.88 Å². The summed E-state index contributed by atoms with van der Waals surface area (Å²) < 4.78 is 5.05.